The summed E-state index contributed by atoms with van der Waals surface area (Å²) in [4.78, 5) is 0. The molecule has 0 heterocycles. The van der Waals surface area contributed by atoms with Crippen molar-refractivity contribution in [1.29, 1.82) is 0 Å². The van der Waals surface area contributed by atoms with Crippen LogP contribution in [0.25, 0.3) is 0 Å². The minimum absolute atomic E-state index is 1.04. The van der Waals surface area contributed by atoms with Gasteiger partial charge in [0, 0.05) is 0 Å². The second-order valence-electron chi connectivity index (χ2n) is 8.77. The Bertz CT molecular complexity index is 641. The van der Waals surface area contributed by atoms with Crippen molar-refractivity contribution in [2.45, 2.75) is 121 Å². The highest BCUT2D eigenvalue weighted by molar-refractivity contribution is 5.29. The number of benzene rings is 2. The molecule has 33 heavy (non-hydrogen) atoms. The van der Waals surface area contributed by atoms with E-state index in [9.17, 15) is 0 Å². The zero-order valence-electron chi connectivity index (χ0n) is 24.4. The van der Waals surface area contributed by atoms with Gasteiger partial charge in [-0.05, 0) is 63.6 Å². The monoisotopic (exact) mass is 454 g/mol. The van der Waals surface area contributed by atoms with Crippen molar-refractivity contribution in [3.8, 4) is 0 Å². The van der Waals surface area contributed by atoms with Crippen LogP contribution in [0.2, 0.25) is 0 Å². The van der Waals surface area contributed by atoms with E-state index in [-0.39, 0.29) is 0 Å². The van der Waals surface area contributed by atoms with Gasteiger partial charge in [-0.2, -0.15) is 0 Å². The summed E-state index contributed by atoms with van der Waals surface area (Å²) in [6.07, 6.45) is 9.89. The van der Waals surface area contributed by atoms with Gasteiger partial charge in [0.05, 0.1) is 0 Å². The molecule has 1 aliphatic carbocycles. The Balaban J connectivity index is -0.000000362. The van der Waals surface area contributed by atoms with E-state index in [1.165, 1.54) is 72.8 Å². The average Bonchev–Trinajstić information content (AvgIpc) is 2.81. The molecule has 0 N–H and O–H groups in total. The summed E-state index contributed by atoms with van der Waals surface area (Å²) in [6, 6.07) is 17.0. The van der Waals surface area contributed by atoms with Crippen LogP contribution in [0, 0.1) is 26.7 Å². The SMILES string of the molecule is C=C(C)C.CC.CC.CC1CCCCC1.CCCc1ccc(C)c(C)c1.Cc1ccccc1. The molecule has 0 nitrogen and oxygen atoms in total. The van der Waals surface area contributed by atoms with E-state index in [0.717, 1.165) is 5.92 Å². The lowest BCUT2D eigenvalue weighted by Crippen LogP contribution is -1.99. The van der Waals surface area contributed by atoms with Gasteiger partial charge in [0.1, 0.15) is 0 Å². The van der Waals surface area contributed by atoms with Crippen molar-refractivity contribution in [2.75, 3.05) is 0 Å². The third-order valence-corrected chi connectivity index (χ3v) is 4.94. The van der Waals surface area contributed by atoms with Crippen LogP contribution in [0.5, 0.6) is 0 Å². The second-order valence-corrected chi connectivity index (χ2v) is 8.77. The Hall–Kier alpha value is -1.82. The van der Waals surface area contributed by atoms with Gasteiger partial charge in [0.2, 0.25) is 0 Å². The van der Waals surface area contributed by atoms with Crippen LogP contribution in [-0.4, -0.2) is 0 Å². The molecule has 1 fully saturated rings. The van der Waals surface area contributed by atoms with Crippen molar-refractivity contribution in [3.63, 3.8) is 0 Å². The van der Waals surface area contributed by atoms with Gasteiger partial charge in [0.25, 0.3) is 0 Å². The van der Waals surface area contributed by atoms with Gasteiger partial charge >= 0.3 is 0 Å². The number of rotatable bonds is 2. The van der Waals surface area contributed by atoms with Gasteiger partial charge in [-0.1, -0.05) is 140 Å². The fourth-order valence-electron chi connectivity index (χ4n) is 3.09. The summed E-state index contributed by atoms with van der Waals surface area (Å²) in [7, 11) is 0. The molecule has 2 aromatic carbocycles. The van der Waals surface area contributed by atoms with Gasteiger partial charge < -0.3 is 0 Å². The molecule has 1 saturated carbocycles. The van der Waals surface area contributed by atoms with Gasteiger partial charge in [-0.25, -0.2) is 0 Å². The Labute approximate surface area is 209 Å². The van der Waals surface area contributed by atoms with Crippen LogP contribution in [-0.2, 0) is 6.42 Å². The minimum Gasteiger partial charge on any atom is -0.100 e. The fourth-order valence-corrected chi connectivity index (χ4v) is 3.09. The molecular formula is C33H58. The minimum atomic E-state index is 1.04. The van der Waals surface area contributed by atoms with Crippen LogP contribution in [0.4, 0.5) is 0 Å². The van der Waals surface area contributed by atoms with E-state index >= 15 is 0 Å². The predicted molar refractivity (Wildman–Crippen MR) is 157 cm³/mol. The summed E-state index contributed by atoms with van der Waals surface area (Å²) < 4.78 is 0. The van der Waals surface area contributed by atoms with Crippen LogP contribution < -0.4 is 0 Å². The summed E-state index contributed by atoms with van der Waals surface area (Å²) in [5, 5.41) is 0. The standard InChI is InChI=1S/C11H16.C7H14.C7H8.C4H8.2C2H6/c1-4-5-11-7-6-9(2)10(3)8-11;2*1-7-5-3-2-4-6-7;1-4(2)3;2*1-2/h6-8H,4-5H2,1-3H3;7H,2-6H2,1H3;2-6H,1H3;1H2,2-3H3;2*1-2H3. The molecule has 0 saturated heterocycles. The van der Waals surface area contributed by atoms with Gasteiger partial charge in [0.15, 0.2) is 0 Å². The van der Waals surface area contributed by atoms with E-state index < -0.39 is 0 Å². The Kier molecular flexibility index (Phi) is 28.6. The molecule has 0 bridgehead atoms. The Morgan fingerprint density at radius 3 is 1.58 bits per heavy atom. The van der Waals surface area contributed by atoms with E-state index in [0.29, 0.717) is 0 Å². The van der Waals surface area contributed by atoms with E-state index in [2.05, 4.69) is 71.5 Å². The molecule has 0 atom stereocenters. The van der Waals surface area contributed by atoms with E-state index in [1.807, 2.05) is 59.7 Å². The molecule has 0 amide bonds. The first-order valence-corrected chi connectivity index (χ1v) is 13.5. The number of aryl methyl sites for hydroxylation is 4. The zero-order chi connectivity index (χ0) is 26.1. The first kappa shape index (κ1) is 35.8. The third-order valence-electron chi connectivity index (χ3n) is 4.94. The molecular weight excluding hydrogens is 396 g/mol. The smallest absolute Gasteiger partial charge is 0.0281 e. The fraction of sp³-hybridized carbons (Fsp3) is 0.576. The molecule has 2 aromatic rings. The molecule has 3 rings (SSSR count). The van der Waals surface area contributed by atoms with E-state index in [4.69, 9.17) is 0 Å². The molecule has 0 heteroatoms. The first-order chi connectivity index (χ1) is 15.8. The molecule has 0 unspecified atom stereocenters. The van der Waals surface area contributed by atoms with Crippen LogP contribution in [0.3, 0.4) is 0 Å². The van der Waals surface area contributed by atoms with Gasteiger partial charge in [-0.15, -0.1) is 6.58 Å². The number of allylic oxidation sites excluding steroid dienone is 1. The largest absolute Gasteiger partial charge is 0.100 e. The van der Waals surface area contributed by atoms with Crippen molar-refractivity contribution in [1.82, 2.24) is 0 Å². The maximum Gasteiger partial charge on any atom is -0.0281 e. The zero-order valence-corrected chi connectivity index (χ0v) is 24.4. The summed E-state index contributed by atoms with van der Waals surface area (Å²) in [5.74, 6) is 1.04. The van der Waals surface area contributed by atoms with Crippen LogP contribution in [0.15, 0.2) is 60.7 Å². The number of hydrogen-bond acceptors (Lipinski definition) is 0. The first-order valence-electron chi connectivity index (χ1n) is 13.5. The summed E-state index contributed by atoms with van der Waals surface area (Å²) in [6.45, 7) is 26.5. The molecule has 190 valence electrons. The average molecular weight is 455 g/mol. The predicted octanol–water partition coefficient (Wildman–Crippen LogP) is 11.5. The molecule has 0 spiro atoms. The molecule has 1 aliphatic rings. The van der Waals surface area contributed by atoms with Gasteiger partial charge in [-0.3, -0.25) is 0 Å². The molecule has 0 aliphatic heterocycles. The lowest BCUT2D eigenvalue weighted by molar-refractivity contribution is 0.385. The highest BCUT2D eigenvalue weighted by atomic mass is 14.1. The Morgan fingerprint density at radius 1 is 0.788 bits per heavy atom. The van der Waals surface area contributed by atoms with E-state index in [1.54, 1.807) is 0 Å². The lowest BCUT2D eigenvalue weighted by Gasteiger charge is -2.15. The highest BCUT2D eigenvalue weighted by Crippen LogP contribution is 2.22. The maximum atomic E-state index is 3.56. The lowest BCUT2D eigenvalue weighted by atomic mass is 9.91. The van der Waals surface area contributed by atoms with Crippen molar-refractivity contribution in [2.24, 2.45) is 5.92 Å². The van der Waals surface area contributed by atoms with Crippen LogP contribution in [0.1, 0.15) is 116 Å². The van der Waals surface area contributed by atoms with Crippen LogP contribution >= 0.6 is 0 Å². The summed E-state index contributed by atoms with van der Waals surface area (Å²) in [5.41, 5.74) is 6.76. The van der Waals surface area contributed by atoms with Crippen molar-refractivity contribution in [3.05, 3.63) is 82.9 Å². The topological polar surface area (TPSA) is 0 Å². The number of hydrogen-bond donors (Lipinski definition) is 0. The summed E-state index contributed by atoms with van der Waals surface area (Å²) >= 11 is 0. The molecule has 0 radical (unpaired) electrons. The maximum absolute atomic E-state index is 3.56. The Morgan fingerprint density at radius 2 is 1.27 bits per heavy atom. The molecule has 0 aromatic heterocycles. The highest BCUT2D eigenvalue weighted by Gasteiger charge is 2.05. The normalized spacial score (nSPS) is 11.7. The van der Waals surface area contributed by atoms with Crippen molar-refractivity contribution >= 4 is 0 Å². The van der Waals surface area contributed by atoms with Crippen molar-refractivity contribution < 1.29 is 0 Å². The quantitative estimate of drug-likeness (QED) is 0.396. The second kappa shape index (κ2) is 26.4. The third kappa shape index (κ3) is 26.3.